The summed E-state index contributed by atoms with van der Waals surface area (Å²) in [5.41, 5.74) is 1.16. The van der Waals surface area contributed by atoms with Crippen molar-refractivity contribution in [3.63, 3.8) is 0 Å². The fourth-order valence-electron chi connectivity index (χ4n) is 3.33. The lowest BCUT2D eigenvalue weighted by Gasteiger charge is -2.28. The molecule has 176 valence electrons. The molecule has 2 aromatic rings. The summed E-state index contributed by atoms with van der Waals surface area (Å²) in [5, 5.41) is 0. The molecule has 0 aromatic heterocycles. The molecule has 0 atom stereocenters. The molecular formula is C21H17F6N3O3. The molecule has 0 spiro atoms. The van der Waals surface area contributed by atoms with Crippen molar-refractivity contribution in [3.8, 4) is 0 Å². The number of amides is 3. The van der Waals surface area contributed by atoms with E-state index in [-0.39, 0.29) is 36.2 Å². The van der Waals surface area contributed by atoms with Crippen LogP contribution in [-0.4, -0.2) is 35.8 Å². The number of rotatable bonds is 5. The normalized spacial score (nSPS) is 14.5. The van der Waals surface area contributed by atoms with Gasteiger partial charge >= 0.3 is 12.4 Å². The van der Waals surface area contributed by atoms with Crippen LogP contribution in [0.25, 0.3) is 0 Å². The van der Waals surface area contributed by atoms with E-state index < -0.39 is 47.5 Å². The van der Waals surface area contributed by atoms with Gasteiger partial charge in [-0.2, -0.15) is 26.3 Å². The molecular weight excluding hydrogens is 456 g/mol. The highest BCUT2D eigenvalue weighted by Crippen LogP contribution is 2.37. The number of carbonyl (C=O) groups excluding carboxylic acids is 3. The lowest BCUT2D eigenvalue weighted by molar-refractivity contribution is -0.143. The standard InChI is InChI=1S/C21H17F6N3O3/c22-20(23,24)14-8-13(9-15(10-14)21(25,26)27)19(33)30(11-29-7-1-2-17(29)31)16-5-3-12(4-6-16)18(28)32/h3-6,8-10H,1-2,7,11H2,(H2,28,32). The van der Waals surface area contributed by atoms with Gasteiger partial charge in [0, 0.05) is 29.8 Å². The molecule has 0 aliphatic carbocycles. The number of nitrogens with zero attached hydrogens (tertiary/aromatic N) is 2. The number of likely N-dealkylation sites (tertiary alicyclic amines) is 1. The summed E-state index contributed by atoms with van der Waals surface area (Å²) in [5.74, 6) is -2.28. The van der Waals surface area contributed by atoms with Crippen molar-refractivity contribution >= 4 is 23.4 Å². The monoisotopic (exact) mass is 473 g/mol. The van der Waals surface area contributed by atoms with Gasteiger partial charge in [0.1, 0.15) is 6.67 Å². The Labute approximate surface area is 183 Å². The first-order valence-electron chi connectivity index (χ1n) is 9.56. The van der Waals surface area contributed by atoms with Crippen LogP contribution < -0.4 is 10.6 Å². The first-order chi connectivity index (χ1) is 15.3. The summed E-state index contributed by atoms with van der Waals surface area (Å²) in [6.07, 6.45) is -9.57. The summed E-state index contributed by atoms with van der Waals surface area (Å²) in [6, 6.07) is 5.59. The molecule has 33 heavy (non-hydrogen) atoms. The van der Waals surface area contributed by atoms with E-state index >= 15 is 0 Å². The van der Waals surface area contributed by atoms with Crippen LogP contribution in [0.5, 0.6) is 0 Å². The number of halogens is 6. The second-order valence-corrected chi connectivity index (χ2v) is 7.34. The fourth-order valence-corrected chi connectivity index (χ4v) is 3.33. The summed E-state index contributed by atoms with van der Waals surface area (Å²) in [4.78, 5) is 38.7. The topological polar surface area (TPSA) is 83.7 Å². The predicted molar refractivity (Wildman–Crippen MR) is 104 cm³/mol. The molecule has 0 saturated carbocycles. The Morgan fingerprint density at radius 2 is 1.45 bits per heavy atom. The van der Waals surface area contributed by atoms with Gasteiger partial charge in [0.15, 0.2) is 0 Å². The van der Waals surface area contributed by atoms with Gasteiger partial charge in [-0.25, -0.2) is 0 Å². The van der Waals surface area contributed by atoms with Crippen molar-refractivity contribution in [1.29, 1.82) is 0 Å². The van der Waals surface area contributed by atoms with E-state index in [2.05, 4.69) is 0 Å². The lowest BCUT2D eigenvalue weighted by atomic mass is 10.0. The second-order valence-electron chi connectivity index (χ2n) is 7.34. The SMILES string of the molecule is NC(=O)c1ccc(N(CN2CCCC2=O)C(=O)c2cc(C(F)(F)F)cc(C(F)(F)F)c2)cc1. The van der Waals surface area contributed by atoms with Crippen molar-refractivity contribution in [3.05, 3.63) is 64.7 Å². The Morgan fingerprint density at radius 1 is 0.909 bits per heavy atom. The van der Waals surface area contributed by atoms with Gasteiger partial charge in [-0.05, 0) is 48.9 Å². The van der Waals surface area contributed by atoms with Crippen LogP contribution in [0.3, 0.4) is 0 Å². The van der Waals surface area contributed by atoms with Crippen LogP contribution in [0.1, 0.15) is 44.7 Å². The third-order valence-electron chi connectivity index (χ3n) is 5.03. The highest BCUT2D eigenvalue weighted by Gasteiger charge is 2.38. The predicted octanol–water partition coefficient (Wildman–Crippen LogP) is 4.05. The molecule has 1 aliphatic rings. The van der Waals surface area contributed by atoms with Crippen LogP contribution in [0.15, 0.2) is 42.5 Å². The lowest BCUT2D eigenvalue weighted by Crippen LogP contribution is -2.42. The van der Waals surface area contributed by atoms with Gasteiger partial charge in [-0.15, -0.1) is 0 Å². The molecule has 1 heterocycles. The molecule has 0 unspecified atom stereocenters. The van der Waals surface area contributed by atoms with Crippen molar-refractivity contribution < 1.29 is 40.7 Å². The van der Waals surface area contributed by atoms with Crippen molar-refractivity contribution in [2.24, 2.45) is 5.73 Å². The molecule has 2 N–H and O–H groups in total. The van der Waals surface area contributed by atoms with E-state index in [1.807, 2.05) is 0 Å². The second kappa shape index (κ2) is 8.75. The number of alkyl halides is 6. The Hall–Kier alpha value is -3.57. The Morgan fingerprint density at radius 3 is 1.88 bits per heavy atom. The van der Waals surface area contributed by atoms with Crippen LogP contribution in [0.4, 0.5) is 32.0 Å². The van der Waals surface area contributed by atoms with E-state index in [1.165, 1.54) is 29.2 Å². The Balaban J connectivity index is 2.08. The number of primary amides is 1. The maximum atomic E-state index is 13.2. The minimum Gasteiger partial charge on any atom is -0.366 e. The van der Waals surface area contributed by atoms with Crippen LogP contribution in [0, 0.1) is 0 Å². The van der Waals surface area contributed by atoms with E-state index in [9.17, 15) is 40.7 Å². The molecule has 1 fully saturated rings. The molecule has 6 nitrogen and oxygen atoms in total. The maximum absolute atomic E-state index is 13.2. The molecule has 1 aliphatic heterocycles. The largest absolute Gasteiger partial charge is 0.416 e. The first-order valence-corrected chi connectivity index (χ1v) is 9.56. The average Bonchev–Trinajstić information content (AvgIpc) is 3.14. The van der Waals surface area contributed by atoms with E-state index in [1.54, 1.807) is 0 Å². The molecule has 0 bridgehead atoms. The maximum Gasteiger partial charge on any atom is 0.416 e. The summed E-state index contributed by atoms with van der Waals surface area (Å²) >= 11 is 0. The van der Waals surface area contributed by atoms with Gasteiger partial charge in [0.2, 0.25) is 11.8 Å². The Kier molecular flexibility index (Phi) is 6.39. The summed E-state index contributed by atoms with van der Waals surface area (Å²) in [7, 11) is 0. The minimum atomic E-state index is -5.13. The van der Waals surface area contributed by atoms with Gasteiger partial charge in [-0.3, -0.25) is 19.3 Å². The Bertz CT molecular complexity index is 1050. The number of hydrogen-bond donors (Lipinski definition) is 1. The number of carbonyl (C=O) groups is 3. The van der Waals surface area contributed by atoms with Crippen molar-refractivity contribution in [1.82, 2.24) is 4.90 Å². The fraction of sp³-hybridized carbons (Fsp3) is 0.286. The first kappa shape index (κ1) is 24.1. The van der Waals surface area contributed by atoms with Gasteiger partial charge in [0.25, 0.3) is 5.91 Å². The third kappa shape index (κ3) is 5.44. The number of anilines is 1. The molecule has 2 aromatic carbocycles. The van der Waals surface area contributed by atoms with Gasteiger partial charge in [-0.1, -0.05) is 0 Å². The van der Waals surface area contributed by atoms with Crippen LogP contribution in [-0.2, 0) is 17.1 Å². The van der Waals surface area contributed by atoms with Gasteiger partial charge in [0.05, 0.1) is 11.1 Å². The highest BCUT2D eigenvalue weighted by atomic mass is 19.4. The van der Waals surface area contributed by atoms with Crippen molar-refractivity contribution in [2.75, 3.05) is 18.1 Å². The molecule has 3 rings (SSSR count). The number of benzene rings is 2. The molecule has 3 amide bonds. The average molecular weight is 473 g/mol. The summed E-state index contributed by atoms with van der Waals surface area (Å²) in [6.45, 7) is -0.135. The minimum absolute atomic E-state index is 0.0515. The van der Waals surface area contributed by atoms with E-state index in [4.69, 9.17) is 5.73 Å². The van der Waals surface area contributed by atoms with Crippen LogP contribution >= 0.6 is 0 Å². The van der Waals surface area contributed by atoms with E-state index in [0.717, 1.165) is 4.90 Å². The highest BCUT2D eigenvalue weighted by molar-refractivity contribution is 6.07. The number of hydrogen-bond acceptors (Lipinski definition) is 3. The smallest absolute Gasteiger partial charge is 0.366 e. The zero-order valence-electron chi connectivity index (χ0n) is 16.8. The summed E-state index contributed by atoms with van der Waals surface area (Å²) < 4.78 is 79.4. The molecule has 0 radical (unpaired) electrons. The third-order valence-corrected chi connectivity index (χ3v) is 5.03. The van der Waals surface area contributed by atoms with Gasteiger partial charge < -0.3 is 10.6 Å². The zero-order valence-corrected chi connectivity index (χ0v) is 16.8. The van der Waals surface area contributed by atoms with Crippen LogP contribution in [0.2, 0.25) is 0 Å². The zero-order chi connectivity index (χ0) is 24.6. The number of nitrogens with two attached hydrogens (primary N) is 1. The van der Waals surface area contributed by atoms with E-state index in [0.29, 0.717) is 18.6 Å². The van der Waals surface area contributed by atoms with Crippen molar-refractivity contribution in [2.45, 2.75) is 25.2 Å². The quantitative estimate of drug-likeness (QED) is 0.666. The molecule has 1 saturated heterocycles. The molecule has 12 heteroatoms.